The van der Waals surface area contributed by atoms with Crippen molar-refractivity contribution >= 4 is 27.5 Å². The lowest BCUT2D eigenvalue weighted by atomic mass is 10.1. The summed E-state index contributed by atoms with van der Waals surface area (Å²) in [5, 5.41) is 2.98. The molecule has 35 heavy (non-hydrogen) atoms. The Morgan fingerprint density at radius 3 is 2.37 bits per heavy atom. The predicted molar refractivity (Wildman–Crippen MR) is 136 cm³/mol. The van der Waals surface area contributed by atoms with E-state index in [9.17, 15) is 18.0 Å². The molecule has 0 bridgehead atoms. The third-order valence-corrected chi connectivity index (χ3v) is 8.49. The van der Waals surface area contributed by atoms with Gasteiger partial charge in [-0.1, -0.05) is 31.0 Å². The Kier molecular flexibility index (Phi) is 7.88. The van der Waals surface area contributed by atoms with Gasteiger partial charge in [0, 0.05) is 43.5 Å². The number of carbonyl (C=O) groups excluding carboxylic acids is 2. The zero-order chi connectivity index (χ0) is 25.0. The molecule has 0 spiro atoms. The maximum atomic E-state index is 13.1. The second-order valence-corrected chi connectivity index (χ2v) is 11.2. The van der Waals surface area contributed by atoms with Gasteiger partial charge >= 0.3 is 0 Å². The van der Waals surface area contributed by atoms with Gasteiger partial charge in [-0.25, -0.2) is 13.1 Å². The number of nitrogens with zero attached hydrogens (tertiary/aromatic N) is 2. The second kappa shape index (κ2) is 10.9. The molecule has 9 heteroatoms. The molecule has 0 radical (unpaired) electrons. The molecule has 1 saturated carbocycles. The molecule has 188 valence electrons. The first-order valence-corrected chi connectivity index (χ1v) is 13.7. The zero-order valence-electron chi connectivity index (χ0n) is 20.4. The van der Waals surface area contributed by atoms with Crippen molar-refractivity contribution in [3.8, 4) is 0 Å². The molecule has 0 unspecified atom stereocenters. The topological polar surface area (TPSA) is 98.8 Å². The van der Waals surface area contributed by atoms with Crippen LogP contribution < -0.4 is 10.0 Å². The SMILES string of the molecule is Cc1cccc(NC(=O)CN2CCN(C(=O)c3cccc(S(=O)(=O)NC4CCCC4)c3)CC2)c1C. The Balaban J connectivity index is 1.31. The molecule has 2 aromatic carbocycles. The second-order valence-electron chi connectivity index (χ2n) is 9.49. The predicted octanol–water partition coefficient (Wildman–Crippen LogP) is 2.92. The lowest BCUT2D eigenvalue weighted by Gasteiger charge is -2.34. The van der Waals surface area contributed by atoms with Gasteiger partial charge in [-0.2, -0.15) is 0 Å². The fourth-order valence-electron chi connectivity index (χ4n) is 4.70. The highest BCUT2D eigenvalue weighted by atomic mass is 32.2. The lowest BCUT2D eigenvalue weighted by Crippen LogP contribution is -2.50. The molecule has 1 aliphatic carbocycles. The van der Waals surface area contributed by atoms with Crippen molar-refractivity contribution in [1.82, 2.24) is 14.5 Å². The monoisotopic (exact) mass is 498 g/mol. The van der Waals surface area contributed by atoms with Gasteiger partial charge < -0.3 is 10.2 Å². The van der Waals surface area contributed by atoms with Crippen LogP contribution >= 0.6 is 0 Å². The molecular weight excluding hydrogens is 464 g/mol. The molecule has 1 aliphatic heterocycles. The Morgan fingerprint density at radius 2 is 1.66 bits per heavy atom. The number of hydrogen-bond acceptors (Lipinski definition) is 5. The molecule has 2 fully saturated rings. The molecule has 4 rings (SSSR count). The van der Waals surface area contributed by atoms with Crippen LogP contribution in [0.1, 0.15) is 47.2 Å². The number of amides is 2. The van der Waals surface area contributed by atoms with Gasteiger partial charge in [-0.3, -0.25) is 14.5 Å². The van der Waals surface area contributed by atoms with Crippen LogP contribution in [0.25, 0.3) is 0 Å². The Bertz CT molecular complexity index is 1180. The summed E-state index contributed by atoms with van der Waals surface area (Å²) >= 11 is 0. The summed E-state index contributed by atoms with van der Waals surface area (Å²) in [5.41, 5.74) is 3.36. The highest BCUT2D eigenvalue weighted by molar-refractivity contribution is 7.89. The third kappa shape index (κ3) is 6.28. The standard InChI is InChI=1S/C26H34N4O4S/c1-19-7-5-12-24(20(19)2)27-25(31)18-29-13-15-30(16-14-29)26(32)21-8-6-11-23(17-21)35(33,34)28-22-9-3-4-10-22/h5-8,11-12,17,22,28H,3-4,9-10,13-16,18H2,1-2H3,(H,27,31). The van der Waals surface area contributed by atoms with Gasteiger partial charge in [0.05, 0.1) is 11.4 Å². The fourth-order valence-corrected chi connectivity index (χ4v) is 6.05. The van der Waals surface area contributed by atoms with Crippen LogP contribution in [0.15, 0.2) is 47.4 Å². The fraction of sp³-hybridized carbons (Fsp3) is 0.462. The average molecular weight is 499 g/mol. The van der Waals surface area contributed by atoms with Crippen LogP contribution in [0.2, 0.25) is 0 Å². The largest absolute Gasteiger partial charge is 0.336 e. The molecular formula is C26H34N4O4S. The summed E-state index contributed by atoms with van der Waals surface area (Å²) < 4.78 is 28.3. The van der Waals surface area contributed by atoms with E-state index in [1.807, 2.05) is 36.9 Å². The number of piperazine rings is 1. The number of sulfonamides is 1. The van der Waals surface area contributed by atoms with Crippen LogP contribution in [0.4, 0.5) is 5.69 Å². The van der Waals surface area contributed by atoms with Crippen molar-refractivity contribution in [3.05, 3.63) is 59.2 Å². The Labute approximate surface area is 207 Å². The first kappa shape index (κ1) is 25.3. The number of nitrogens with one attached hydrogen (secondary N) is 2. The quantitative estimate of drug-likeness (QED) is 0.612. The van der Waals surface area contributed by atoms with E-state index >= 15 is 0 Å². The summed E-state index contributed by atoms with van der Waals surface area (Å²) in [7, 11) is -3.66. The maximum absolute atomic E-state index is 13.1. The third-order valence-electron chi connectivity index (χ3n) is 6.97. The van der Waals surface area contributed by atoms with Crippen molar-refractivity contribution in [3.63, 3.8) is 0 Å². The smallest absolute Gasteiger partial charge is 0.253 e. The average Bonchev–Trinajstić information content (AvgIpc) is 3.34. The Morgan fingerprint density at radius 1 is 0.971 bits per heavy atom. The van der Waals surface area contributed by atoms with Crippen molar-refractivity contribution in [2.24, 2.45) is 0 Å². The van der Waals surface area contributed by atoms with Crippen LogP contribution in [-0.2, 0) is 14.8 Å². The number of carbonyl (C=O) groups is 2. The van der Waals surface area contributed by atoms with Gasteiger partial charge in [0.2, 0.25) is 15.9 Å². The van der Waals surface area contributed by atoms with E-state index in [-0.39, 0.29) is 29.3 Å². The molecule has 2 N–H and O–H groups in total. The van der Waals surface area contributed by atoms with E-state index in [1.165, 1.54) is 12.1 Å². The van der Waals surface area contributed by atoms with Gasteiger partial charge in [0.15, 0.2) is 0 Å². The van der Waals surface area contributed by atoms with Gasteiger partial charge in [-0.15, -0.1) is 0 Å². The van der Waals surface area contributed by atoms with E-state index < -0.39 is 10.0 Å². The molecule has 0 atom stereocenters. The van der Waals surface area contributed by atoms with Crippen LogP contribution in [0.3, 0.4) is 0 Å². The molecule has 2 aliphatic rings. The number of benzene rings is 2. The molecule has 1 heterocycles. The Hall–Kier alpha value is -2.75. The van der Waals surface area contributed by atoms with Gasteiger partial charge in [-0.05, 0) is 62.1 Å². The normalized spacial score (nSPS) is 17.5. The van der Waals surface area contributed by atoms with E-state index in [2.05, 4.69) is 10.0 Å². The van der Waals surface area contributed by atoms with Crippen LogP contribution in [0.5, 0.6) is 0 Å². The molecule has 2 aromatic rings. The maximum Gasteiger partial charge on any atom is 0.253 e. The molecule has 1 saturated heterocycles. The van der Waals surface area contributed by atoms with E-state index in [0.717, 1.165) is 42.5 Å². The summed E-state index contributed by atoms with van der Waals surface area (Å²) in [6.45, 7) is 6.37. The molecule has 0 aromatic heterocycles. The van der Waals surface area contributed by atoms with Gasteiger partial charge in [0.25, 0.3) is 5.91 Å². The minimum atomic E-state index is -3.66. The van der Waals surface area contributed by atoms with E-state index in [4.69, 9.17) is 0 Å². The van der Waals surface area contributed by atoms with E-state index in [1.54, 1.807) is 17.0 Å². The zero-order valence-corrected chi connectivity index (χ0v) is 21.2. The first-order chi connectivity index (χ1) is 16.7. The van der Waals surface area contributed by atoms with Crippen molar-refractivity contribution < 1.29 is 18.0 Å². The number of hydrogen-bond donors (Lipinski definition) is 2. The van der Waals surface area contributed by atoms with Crippen LogP contribution in [0, 0.1) is 13.8 Å². The molecule has 2 amide bonds. The van der Waals surface area contributed by atoms with Gasteiger partial charge in [0.1, 0.15) is 0 Å². The minimum absolute atomic E-state index is 0.0283. The number of anilines is 1. The summed E-state index contributed by atoms with van der Waals surface area (Å²) in [4.78, 5) is 29.5. The lowest BCUT2D eigenvalue weighted by molar-refractivity contribution is -0.117. The minimum Gasteiger partial charge on any atom is -0.336 e. The number of rotatable bonds is 7. The van der Waals surface area contributed by atoms with Crippen molar-refractivity contribution in [2.45, 2.75) is 50.5 Å². The van der Waals surface area contributed by atoms with Crippen molar-refractivity contribution in [2.75, 3.05) is 38.0 Å². The van der Waals surface area contributed by atoms with Crippen LogP contribution in [-0.4, -0.2) is 68.8 Å². The summed E-state index contributed by atoms with van der Waals surface area (Å²) in [5.74, 6) is -0.270. The summed E-state index contributed by atoms with van der Waals surface area (Å²) in [6, 6.07) is 12.1. The highest BCUT2D eigenvalue weighted by Gasteiger charge is 2.26. The summed E-state index contributed by atoms with van der Waals surface area (Å²) in [6.07, 6.45) is 3.77. The number of aryl methyl sites for hydroxylation is 1. The highest BCUT2D eigenvalue weighted by Crippen LogP contribution is 2.22. The molecule has 8 nitrogen and oxygen atoms in total. The van der Waals surface area contributed by atoms with Crippen molar-refractivity contribution in [1.29, 1.82) is 0 Å². The first-order valence-electron chi connectivity index (χ1n) is 12.2. The van der Waals surface area contributed by atoms with E-state index in [0.29, 0.717) is 31.7 Å².